The molecule has 15 heavy (non-hydrogen) atoms. The van der Waals surface area contributed by atoms with Crippen LogP contribution in [0.1, 0.15) is 20.3 Å². The van der Waals surface area contributed by atoms with Crippen molar-refractivity contribution in [3.63, 3.8) is 0 Å². The molecule has 5 nitrogen and oxygen atoms in total. The third-order valence-corrected chi connectivity index (χ3v) is 2.38. The van der Waals surface area contributed by atoms with Crippen LogP contribution in [-0.4, -0.2) is 37.7 Å². The molecule has 0 bridgehead atoms. The molecule has 1 saturated heterocycles. The largest absolute Gasteiger partial charge is 0.465 e. The summed E-state index contributed by atoms with van der Waals surface area (Å²) in [6.45, 7) is 4.59. The summed E-state index contributed by atoms with van der Waals surface area (Å²) in [6.07, 6.45) is 0.668. The fraction of sp³-hybridized carbons (Fsp3) is 0.800. The Bertz CT molecular complexity index is 242. The lowest BCUT2D eigenvalue weighted by molar-refractivity contribution is -0.153. The Kier molecular flexibility index (Phi) is 4.55. The lowest BCUT2D eigenvalue weighted by Crippen LogP contribution is -2.44. The molecular weight excluding hydrogens is 198 g/mol. The quantitative estimate of drug-likeness (QED) is 0.676. The van der Waals surface area contributed by atoms with Crippen molar-refractivity contribution < 1.29 is 19.1 Å². The Morgan fingerprint density at radius 3 is 2.67 bits per heavy atom. The Labute approximate surface area is 89.1 Å². The predicted octanol–water partition coefficient (Wildman–Crippen LogP) is 0.0907. The van der Waals surface area contributed by atoms with Gasteiger partial charge < -0.3 is 14.8 Å². The van der Waals surface area contributed by atoms with E-state index in [4.69, 9.17) is 9.47 Å². The van der Waals surface area contributed by atoms with Gasteiger partial charge in [0.15, 0.2) is 0 Å². The van der Waals surface area contributed by atoms with Gasteiger partial charge in [-0.15, -0.1) is 0 Å². The van der Waals surface area contributed by atoms with Crippen LogP contribution in [0.4, 0.5) is 0 Å². The number of rotatable bonds is 3. The average Bonchev–Trinajstić information content (AvgIpc) is 2.15. The molecule has 5 heteroatoms. The monoisotopic (exact) mass is 215 g/mol. The minimum atomic E-state index is -0.296. The molecular formula is C10H17NO4. The van der Waals surface area contributed by atoms with Gasteiger partial charge in [0.2, 0.25) is 0 Å². The second-order valence-electron chi connectivity index (χ2n) is 3.70. The number of nitrogens with one attached hydrogen (secondary N) is 1. The van der Waals surface area contributed by atoms with Crippen molar-refractivity contribution in [2.75, 3.05) is 19.7 Å². The number of carbonyl (C=O) groups excluding carboxylic acids is 2. The molecule has 1 aliphatic heterocycles. The summed E-state index contributed by atoms with van der Waals surface area (Å²) < 4.78 is 10.1. The molecule has 0 aromatic heterocycles. The Morgan fingerprint density at radius 2 is 2.07 bits per heavy atom. The van der Waals surface area contributed by atoms with Crippen molar-refractivity contribution in [1.29, 1.82) is 0 Å². The van der Waals surface area contributed by atoms with Crippen LogP contribution in [0, 0.1) is 5.92 Å². The fourth-order valence-electron chi connectivity index (χ4n) is 1.65. The highest BCUT2D eigenvalue weighted by Gasteiger charge is 2.28. The van der Waals surface area contributed by atoms with Gasteiger partial charge in [0, 0.05) is 26.3 Å². The summed E-state index contributed by atoms with van der Waals surface area (Å²) in [4.78, 5) is 21.5. The van der Waals surface area contributed by atoms with E-state index in [1.807, 2.05) is 0 Å². The van der Waals surface area contributed by atoms with Crippen LogP contribution in [0.25, 0.3) is 0 Å². The van der Waals surface area contributed by atoms with Gasteiger partial charge in [0.25, 0.3) is 0 Å². The number of esters is 2. The van der Waals surface area contributed by atoms with Crippen LogP contribution in [0.15, 0.2) is 0 Å². The molecule has 0 unspecified atom stereocenters. The van der Waals surface area contributed by atoms with Crippen molar-refractivity contribution in [3.8, 4) is 0 Å². The van der Waals surface area contributed by atoms with Gasteiger partial charge in [-0.05, 0) is 13.0 Å². The number of carbonyl (C=O) groups is 2. The van der Waals surface area contributed by atoms with E-state index in [0.717, 1.165) is 13.0 Å². The highest BCUT2D eigenvalue weighted by Crippen LogP contribution is 2.16. The lowest BCUT2D eigenvalue weighted by atomic mass is 9.96. The molecule has 0 aromatic rings. The summed E-state index contributed by atoms with van der Waals surface area (Å²) in [5.74, 6) is -0.481. The van der Waals surface area contributed by atoms with Crippen molar-refractivity contribution in [3.05, 3.63) is 0 Å². The third kappa shape index (κ3) is 4.29. The van der Waals surface area contributed by atoms with Crippen LogP contribution in [-0.2, 0) is 19.1 Å². The second-order valence-corrected chi connectivity index (χ2v) is 3.70. The van der Waals surface area contributed by atoms with Crippen molar-refractivity contribution >= 4 is 11.9 Å². The highest BCUT2D eigenvalue weighted by molar-refractivity contribution is 5.66. The predicted molar refractivity (Wildman–Crippen MR) is 53.2 cm³/mol. The van der Waals surface area contributed by atoms with Gasteiger partial charge in [0.1, 0.15) is 6.10 Å². The SMILES string of the molecule is CC(=O)OC[C@H]1CCNC[C@@H]1OC(C)=O. The molecule has 0 amide bonds. The fourth-order valence-corrected chi connectivity index (χ4v) is 1.65. The van der Waals surface area contributed by atoms with E-state index in [0.29, 0.717) is 13.2 Å². The molecule has 1 aliphatic rings. The molecule has 2 atom stereocenters. The molecule has 0 spiro atoms. The smallest absolute Gasteiger partial charge is 0.302 e. The average molecular weight is 215 g/mol. The van der Waals surface area contributed by atoms with E-state index in [9.17, 15) is 9.59 Å². The summed E-state index contributed by atoms with van der Waals surface area (Å²) >= 11 is 0. The highest BCUT2D eigenvalue weighted by atomic mass is 16.6. The summed E-state index contributed by atoms with van der Waals surface area (Å²) in [5, 5.41) is 3.14. The van der Waals surface area contributed by atoms with Crippen molar-refractivity contribution in [1.82, 2.24) is 5.32 Å². The van der Waals surface area contributed by atoms with Crippen LogP contribution in [0.3, 0.4) is 0 Å². The molecule has 0 saturated carbocycles. The number of ether oxygens (including phenoxy) is 2. The topological polar surface area (TPSA) is 64.6 Å². The summed E-state index contributed by atoms with van der Waals surface area (Å²) in [6, 6.07) is 0. The van der Waals surface area contributed by atoms with Gasteiger partial charge in [-0.3, -0.25) is 9.59 Å². The third-order valence-electron chi connectivity index (χ3n) is 2.38. The summed E-state index contributed by atoms with van der Waals surface area (Å²) in [5.41, 5.74) is 0. The molecule has 1 rings (SSSR count). The molecule has 86 valence electrons. The zero-order valence-corrected chi connectivity index (χ0v) is 9.12. The van der Waals surface area contributed by atoms with Crippen LogP contribution in [0.5, 0.6) is 0 Å². The molecule has 1 heterocycles. The molecule has 1 fully saturated rings. The second kappa shape index (κ2) is 5.70. The van der Waals surface area contributed by atoms with E-state index >= 15 is 0 Å². The van der Waals surface area contributed by atoms with Crippen LogP contribution in [0.2, 0.25) is 0 Å². The van der Waals surface area contributed by atoms with E-state index < -0.39 is 0 Å². The lowest BCUT2D eigenvalue weighted by Gasteiger charge is -2.30. The van der Waals surface area contributed by atoms with Gasteiger partial charge in [-0.2, -0.15) is 0 Å². The maximum absolute atomic E-state index is 10.8. The minimum absolute atomic E-state index is 0.110. The Hall–Kier alpha value is -1.10. The van der Waals surface area contributed by atoms with E-state index in [1.165, 1.54) is 13.8 Å². The molecule has 0 aromatic carbocycles. The maximum atomic E-state index is 10.8. The number of piperidine rings is 1. The number of hydrogen-bond donors (Lipinski definition) is 1. The zero-order valence-electron chi connectivity index (χ0n) is 9.12. The van der Waals surface area contributed by atoms with Gasteiger partial charge >= 0.3 is 11.9 Å². The first-order chi connectivity index (χ1) is 7.09. The Morgan fingerprint density at radius 1 is 1.33 bits per heavy atom. The van der Waals surface area contributed by atoms with Gasteiger partial charge in [-0.25, -0.2) is 0 Å². The van der Waals surface area contributed by atoms with E-state index in [2.05, 4.69) is 5.32 Å². The Balaban J connectivity index is 2.42. The summed E-state index contributed by atoms with van der Waals surface area (Å²) in [7, 11) is 0. The van der Waals surface area contributed by atoms with E-state index in [1.54, 1.807) is 0 Å². The zero-order chi connectivity index (χ0) is 11.3. The van der Waals surface area contributed by atoms with Crippen LogP contribution >= 0.6 is 0 Å². The normalized spacial score (nSPS) is 25.7. The molecule has 1 N–H and O–H groups in total. The van der Waals surface area contributed by atoms with Crippen molar-refractivity contribution in [2.24, 2.45) is 5.92 Å². The first-order valence-corrected chi connectivity index (χ1v) is 5.11. The standard InChI is InChI=1S/C10H17NO4/c1-7(12)14-6-9-3-4-11-5-10(9)15-8(2)13/h9-11H,3-6H2,1-2H3/t9-,10+/m1/s1. The first-order valence-electron chi connectivity index (χ1n) is 5.11. The maximum Gasteiger partial charge on any atom is 0.302 e. The van der Waals surface area contributed by atoms with Gasteiger partial charge in [0.05, 0.1) is 6.61 Å². The molecule has 0 radical (unpaired) electrons. The number of hydrogen-bond acceptors (Lipinski definition) is 5. The van der Waals surface area contributed by atoms with Crippen LogP contribution < -0.4 is 5.32 Å². The van der Waals surface area contributed by atoms with Gasteiger partial charge in [-0.1, -0.05) is 0 Å². The van der Waals surface area contributed by atoms with E-state index in [-0.39, 0.29) is 24.0 Å². The minimum Gasteiger partial charge on any atom is -0.465 e. The molecule has 0 aliphatic carbocycles. The van der Waals surface area contributed by atoms with Crippen molar-refractivity contribution in [2.45, 2.75) is 26.4 Å². The first kappa shape index (κ1) is 12.0.